The van der Waals surface area contributed by atoms with Gasteiger partial charge in [0.2, 0.25) is 0 Å². The summed E-state index contributed by atoms with van der Waals surface area (Å²) >= 11 is 0. The Kier molecular flexibility index (Phi) is 27.7. The molecule has 0 aromatic carbocycles. The molecule has 0 heterocycles. The van der Waals surface area contributed by atoms with Crippen molar-refractivity contribution in [1.82, 2.24) is 0 Å². The minimum absolute atomic E-state index is 0.155. The third-order valence-electron chi connectivity index (χ3n) is 7.74. The molecule has 3 N–H and O–H groups in total. The number of allylic oxidation sites excluding steroid dienone is 1. The number of aliphatic hydroxyl groups excluding tert-OH is 3. The highest BCUT2D eigenvalue weighted by Gasteiger charge is 2.14. The zero-order valence-electron chi connectivity index (χ0n) is 26.7. The van der Waals surface area contributed by atoms with Gasteiger partial charge in [-0.25, -0.2) is 0 Å². The first-order chi connectivity index (χ1) is 19.8. The van der Waals surface area contributed by atoms with Crippen molar-refractivity contribution in [2.75, 3.05) is 13.2 Å². The monoisotopic (exact) mass is 584 g/mol. The highest BCUT2D eigenvalue weighted by Crippen LogP contribution is 2.15. The van der Waals surface area contributed by atoms with E-state index < -0.39 is 18.3 Å². The molecule has 0 aromatic heterocycles. The van der Waals surface area contributed by atoms with E-state index in [9.17, 15) is 24.9 Å². The highest BCUT2D eigenvalue weighted by atomic mass is 16.6. The normalized spacial score (nSPS) is 14.6. The zero-order chi connectivity index (χ0) is 30.6. The van der Waals surface area contributed by atoms with Crippen molar-refractivity contribution >= 4 is 11.9 Å². The van der Waals surface area contributed by atoms with Crippen molar-refractivity contribution in [2.24, 2.45) is 5.92 Å². The summed E-state index contributed by atoms with van der Waals surface area (Å²) in [6.07, 6.45) is 21.5. The zero-order valence-corrected chi connectivity index (χ0v) is 26.7. The molecule has 1 unspecified atom stereocenters. The molecule has 0 rings (SSSR count). The third-order valence-corrected chi connectivity index (χ3v) is 7.74. The Bertz CT molecular complexity index is 637. The molecule has 7 heteroatoms. The maximum absolute atomic E-state index is 11.9. The SMILES string of the molecule is CCCCC/C=C\C[C@@H](O)[C@H](O)CCCCCCCC(=O)OC[C@@H](O)COC(=O)CCCCCCCCC(C)CC. The molecule has 0 aliphatic heterocycles. The number of carbonyl (C=O) groups excluding carboxylic acids is 2. The van der Waals surface area contributed by atoms with Gasteiger partial charge in [-0.05, 0) is 44.4 Å². The first-order valence-corrected chi connectivity index (χ1v) is 16.8. The maximum Gasteiger partial charge on any atom is 0.305 e. The second-order valence-corrected chi connectivity index (χ2v) is 11.8. The summed E-state index contributed by atoms with van der Waals surface area (Å²) in [7, 11) is 0. The fourth-order valence-corrected chi connectivity index (χ4v) is 4.61. The molecular formula is C34H64O7. The van der Waals surface area contributed by atoms with E-state index in [-0.39, 0.29) is 31.6 Å². The summed E-state index contributed by atoms with van der Waals surface area (Å²) in [6.45, 7) is 6.39. The van der Waals surface area contributed by atoms with E-state index in [0.29, 0.717) is 25.7 Å². The minimum atomic E-state index is -1.01. The summed E-state index contributed by atoms with van der Waals surface area (Å²) in [5, 5.41) is 30.1. The van der Waals surface area contributed by atoms with Crippen LogP contribution in [-0.2, 0) is 19.1 Å². The van der Waals surface area contributed by atoms with Gasteiger partial charge in [0.25, 0.3) is 0 Å². The predicted molar refractivity (Wildman–Crippen MR) is 167 cm³/mol. The first-order valence-electron chi connectivity index (χ1n) is 16.8. The first kappa shape index (κ1) is 39.6. The number of hydrogen-bond acceptors (Lipinski definition) is 7. The van der Waals surface area contributed by atoms with Gasteiger partial charge >= 0.3 is 11.9 Å². The van der Waals surface area contributed by atoms with E-state index in [4.69, 9.17) is 9.47 Å². The quantitative estimate of drug-likeness (QED) is 0.0472. The van der Waals surface area contributed by atoms with Crippen LogP contribution in [0.3, 0.4) is 0 Å². The molecule has 0 amide bonds. The summed E-state index contributed by atoms with van der Waals surface area (Å²) in [4.78, 5) is 23.8. The number of carbonyl (C=O) groups is 2. The van der Waals surface area contributed by atoms with Crippen LogP contribution in [-0.4, -0.2) is 58.8 Å². The maximum atomic E-state index is 11.9. The summed E-state index contributed by atoms with van der Waals surface area (Å²) in [5.41, 5.74) is 0. The molecule has 0 saturated carbocycles. The van der Waals surface area contributed by atoms with Gasteiger partial charge in [-0.3, -0.25) is 9.59 Å². The highest BCUT2D eigenvalue weighted by molar-refractivity contribution is 5.69. The van der Waals surface area contributed by atoms with Crippen LogP contribution in [0.1, 0.15) is 156 Å². The molecule has 0 fully saturated rings. The van der Waals surface area contributed by atoms with Crippen LogP contribution in [0.5, 0.6) is 0 Å². The second-order valence-electron chi connectivity index (χ2n) is 11.8. The van der Waals surface area contributed by atoms with Crippen LogP contribution in [0, 0.1) is 5.92 Å². The van der Waals surface area contributed by atoms with Gasteiger partial charge in [-0.2, -0.15) is 0 Å². The second kappa shape index (κ2) is 28.7. The van der Waals surface area contributed by atoms with Crippen LogP contribution < -0.4 is 0 Å². The van der Waals surface area contributed by atoms with Gasteiger partial charge in [0.1, 0.15) is 19.3 Å². The number of esters is 2. The average molecular weight is 585 g/mol. The van der Waals surface area contributed by atoms with Crippen LogP contribution in [0.25, 0.3) is 0 Å². The molecule has 0 aliphatic rings. The Morgan fingerprint density at radius 1 is 0.634 bits per heavy atom. The molecule has 0 spiro atoms. The van der Waals surface area contributed by atoms with Gasteiger partial charge in [0, 0.05) is 12.8 Å². The van der Waals surface area contributed by atoms with Crippen molar-refractivity contribution in [1.29, 1.82) is 0 Å². The molecule has 7 nitrogen and oxygen atoms in total. The number of rotatable bonds is 29. The topological polar surface area (TPSA) is 113 Å². The molecule has 0 saturated heterocycles. The lowest BCUT2D eigenvalue weighted by atomic mass is 10.00. The Morgan fingerprint density at radius 3 is 1.68 bits per heavy atom. The van der Waals surface area contributed by atoms with Crippen molar-refractivity contribution in [3.8, 4) is 0 Å². The third kappa shape index (κ3) is 27.2. The molecular weight excluding hydrogens is 520 g/mol. The van der Waals surface area contributed by atoms with Crippen LogP contribution in [0.4, 0.5) is 0 Å². The van der Waals surface area contributed by atoms with Crippen molar-refractivity contribution in [2.45, 2.75) is 174 Å². The van der Waals surface area contributed by atoms with Gasteiger partial charge in [-0.1, -0.05) is 116 Å². The number of unbranched alkanes of at least 4 members (excludes halogenated alkanes) is 12. The molecule has 0 aromatic rings. The fraction of sp³-hybridized carbons (Fsp3) is 0.882. The molecule has 0 aliphatic carbocycles. The summed E-state index contributed by atoms with van der Waals surface area (Å²) in [5.74, 6) is 0.140. The van der Waals surface area contributed by atoms with Crippen molar-refractivity contribution < 1.29 is 34.4 Å². The van der Waals surface area contributed by atoms with E-state index in [1.165, 1.54) is 51.4 Å². The number of ether oxygens (including phenoxy) is 2. The lowest BCUT2D eigenvalue weighted by Gasteiger charge is -2.16. The van der Waals surface area contributed by atoms with E-state index in [0.717, 1.165) is 57.3 Å². The predicted octanol–water partition coefficient (Wildman–Crippen LogP) is 7.58. The molecule has 41 heavy (non-hydrogen) atoms. The lowest BCUT2D eigenvalue weighted by molar-refractivity contribution is -0.152. The van der Waals surface area contributed by atoms with E-state index in [2.05, 4.69) is 26.8 Å². The molecule has 0 radical (unpaired) electrons. The van der Waals surface area contributed by atoms with Gasteiger partial charge in [0.15, 0.2) is 0 Å². The summed E-state index contributed by atoms with van der Waals surface area (Å²) < 4.78 is 10.2. The molecule has 4 atom stereocenters. The van der Waals surface area contributed by atoms with E-state index in [1.54, 1.807) is 0 Å². The van der Waals surface area contributed by atoms with E-state index >= 15 is 0 Å². The largest absolute Gasteiger partial charge is 0.463 e. The van der Waals surface area contributed by atoms with Gasteiger partial charge < -0.3 is 24.8 Å². The smallest absolute Gasteiger partial charge is 0.305 e. The van der Waals surface area contributed by atoms with Gasteiger partial charge in [-0.15, -0.1) is 0 Å². The van der Waals surface area contributed by atoms with Crippen LogP contribution >= 0.6 is 0 Å². The van der Waals surface area contributed by atoms with Crippen molar-refractivity contribution in [3.63, 3.8) is 0 Å². The summed E-state index contributed by atoms with van der Waals surface area (Å²) in [6, 6.07) is 0. The lowest BCUT2D eigenvalue weighted by Crippen LogP contribution is -2.25. The average Bonchev–Trinajstić information content (AvgIpc) is 2.96. The van der Waals surface area contributed by atoms with E-state index in [1.807, 2.05) is 6.08 Å². The van der Waals surface area contributed by atoms with Gasteiger partial charge in [0.05, 0.1) is 12.2 Å². The number of hydrogen-bond donors (Lipinski definition) is 3. The Balaban J connectivity index is 3.61. The molecule has 242 valence electrons. The fourth-order valence-electron chi connectivity index (χ4n) is 4.61. The molecule has 0 bridgehead atoms. The minimum Gasteiger partial charge on any atom is -0.463 e. The van der Waals surface area contributed by atoms with Crippen molar-refractivity contribution in [3.05, 3.63) is 12.2 Å². The van der Waals surface area contributed by atoms with Crippen LogP contribution in [0.15, 0.2) is 12.2 Å². The van der Waals surface area contributed by atoms with Crippen LogP contribution in [0.2, 0.25) is 0 Å². The Hall–Kier alpha value is -1.44. The standard InChI is InChI=1S/C34H64O7/c1-4-6-7-8-13-18-23-31(36)32(37)24-19-14-11-16-21-26-34(39)41-28-30(35)27-40-33(38)25-20-15-10-9-12-17-22-29(3)5-2/h13,18,29-32,35-37H,4-12,14-17,19-28H2,1-3H3/b18-13-/t29?,30-,31+,32+/m0/s1. The number of aliphatic hydroxyl groups is 3. The Labute approximate surface area is 251 Å². The Morgan fingerprint density at radius 2 is 1.15 bits per heavy atom.